The average Bonchev–Trinajstić information content (AvgIpc) is 2.98. The fraction of sp³-hybridized carbons (Fsp3) is 0.400. The molecule has 2 heterocycles. The van der Waals surface area contributed by atoms with Crippen molar-refractivity contribution < 1.29 is 9.32 Å². The molecule has 0 aliphatic rings. The molecule has 0 saturated heterocycles. The summed E-state index contributed by atoms with van der Waals surface area (Å²) in [6.45, 7) is 5.20. The van der Waals surface area contributed by atoms with E-state index >= 15 is 0 Å². The minimum atomic E-state index is -0.142. The molecule has 6 nitrogen and oxygen atoms in total. The molecule has 6 heteroatoms. The van der Waals surface area contributed by atoms with Gasteiger partial charge in [0.05, 0.1) is 6.54 Å². The van der Waals surface area contributed by atoms with E-state index in [2.05, 4.69) is 27.7 Å². The number of rotatable bonds is 7. The molecule has 0 unspecified atom stereocenters. The number of carbonyl (C=O) groups is 1. The summed E-state index contributed by atoms with van der Waals surface area (Å²) in [4.78, 5) is 16.7. The standard InChI is InChI=1S/C15H20N4O2/c1-3-5-12-8-11(9-14(18-12)16-4-2)15(20)17-10-13-6-7-21-19-13/h6-9H,3-5,10H2,1-2H3,(H,16,18)(H,17,20). The smallest absolute Gasteiger partial charge is 0.251 e. The van der Waals surface area contributed by atoms with Crippen molar-refractivity contribution in [3.05, 3.63) is 41.4 Å². The quantitative estimate of drug-likeness (QED) is 0.817. The van der Waals surface area contributed by atoms with Gasteiger partial charge in [0.25, 0.3) is 5.91 Å². The van der Waals surface area contributed by atoms with Gasteiger partial charge in [0.2, 0.25) is 0 Å². The van der Waals surface area contributed by atoms with E-state index in [1.165, 1.54) is 6.26 Å². The molecule has 21 heavy (non-hydrogen) atoms. The van der Waals surface area contributed by atoms with Crippen molar-refractivity contribution in [1.29, 1.82) is 0 Å². The highest BCUT2D eigenvalue weighted by Gasteiger charge is 2.10. The summed E-state index contributed by atoms with van der Waals surface area (Å²) >= 11 is 0. The Morgan fingerprint density at radius 3 is 2.81 bits per heavy atom. The summed E-state index contributed by atoms with van der Waals surface area (Å²) in [5.41, 5.74) is 2.22. The van der Waals surface area contributed by atoms with Crippen molar-refractivity contribution >= 4 is 11.7 Å². The molecule has 0 saturated carbocycles. The molecule has 2 aromatic heterocycles. The van der Waals surface area contributed by atoms with Crippen molar-refractivity contribution in [2.45, 2.75) is 33.2 Å². The van der Waals surface area contributed by atoms with Gasteiger partial charge in [-0.2, -0.15) is 0 Å². The van der Waals surface area contributed by atoms with Crippen LogP contribution in [0, 0.1) is 0 Å². The van der Waals surface area contributed by atoms with Crippen LogP contribution in [0.5, 0.6) is 0 Å². The second kappa shape index (κ2) is 7.42. The van der Waals surface area contributed by atoms with Gasteiger partial charge in [-0.05, 0) is 25.5 Å². The van der Waals surface area contributed by atoms with Crippen molar-refractivity contribution in [3.63, 3.8) is 0 Å². The third-order valence-electron chi connectivity index (χ3n) is 2.93. The maximum atomic E-state index is 12.2. The molecule has 0 fully saturated rings. The van der Waals surface area contributed by atoms with Crippen LogP contribution in [-0.4, -0.2) is 22.6 Å². The fourth-order valence-corrected chi connectivity index (χ4v) is 1.98. The van der Waals surface area contributed by atoms with Gasteiger partial charge in [0.15, 0.2) is 0 Å². The minimum absolute atomic E-state index is 0.142. The van der Waals surface area contributed by atoms with Crippen molar-refractivity contribution in [2.24, 2.45) is 0 Å². The molecule has 2 N–H and O–H groups in total. The number of hydrogen-bond donors (Lipinski definition) is 2. The lowest BCUT2D eigenvalue weighted by atomic mass is 10.1. The van der Waals surface area contributed by atoms with E-state index in [1.807, 2.05) is 13.0 Å². The third-order valence-corrected chi connectivity index (χ3v) is 2.93. The SMILES string of the molecule is CCCc1cc(C(=O)NCc2ccon2)cc(NCC)n1. The number of aryl methyl sites for hydroxylation is 1. The average molecular weight is 288 g/mol. The Balaban J connectivity index is 2.10. The van der Waals surface area contributed by atoms with E-state index in [-0.39, 0.29) is 5.91 Å². The van der Waals surface area contributed by atoms with Gasteiger partial charge < -0.3 is 15.2 Å². The predicted octanol–water partition coefficient (Wildman–Crippen LogP) is 2.38. The van der Waals surface area contributed by atoms with Crippen LogP contribution in [0.15, 0.2) is 29.0 Å². The normalized spacial score (nSPS) is 10.4. The van der Waals surface area contributed by atoms with E-state index in [0.717, 1.165) is 30.9 Å². The van der Waals surface area contributed by atoms with Gasteiger partial charge >= 0.3 is 0 Å². The van der Waals surface area contributed by atoms with Gasteiger partial charge in [-0.25, -0.2) is 4.98 Å². The maximum Gasteiger partial charge on any atom is 0.251 e. The maximum absolute atomic E-state index is 12.2. The Bertz CT molecular complexity index is 557. The monoisotopic (exact) mass is 288 g/mol. The van der Waals surface area contributed by atoms with Crippen LogP contribution in [0.3, 0.4) is 0 Å². The number of pyridine rings is 1. The molecule has 0 aliphatic heterocycles. The zero-order valence-electron chi connectivity index (χ0n) is 12.3. The van der Waals surface area contributed by atoms with E-state index in [4.69, 9.17) is 4.52 Å². The molecular formula is C15H20N4O2. The van der Waals surface area contributed by atoms with Crippen molar-refractivity contribution in [2.75, 3.05) is 11.9 Å². The number of nitrogens with one attached hydrogen (secondary N) is 2. The molecule has 0 atom stereocenters. The van der Waals surface area contributed by atoms with Gasteiger partial charge in [0.1, 0.15) is 17.8 Å². The van der Waals surface area contributed by atoms with Crippen LogP contribution in [0.2, 0.25) is 0 Å². The highest BCUT2D eigenvalue weighted by molar-refractivity contribution is 5.94. The Labute approximate surface area is 123 Å². The Morgan fingerprint density at radius 2 is 2.14 bits per heavy atom. The lowest BCUT2D eigenvalue weighted by molar-refractivity contribution is 0.0950. The molecule has 2 aromatic rings. The molecular weight excluding hydrogens is 268 g/mol. The highest BCUT2D eigenvalue weighted by atomic mass is 16.5. The van der Waals surface area contributed by atoms with Crippen LogP contribution in [-0.2, 0) is 13.0 Å². The molecule has 0 bridgehead atoms. The summed E-state index contributed by atoms with van der Waals surface area (Å²) in [5, 5.41) is 9.74. The topological polar surface area (TPSA) is 80.0 Å². The van der Waals surface area contributed by atoms with E-state index in [9.17, 15) is 4.79 Å². The molecule has 112 valence electrons. The first-order valence-electron chi connectivity index (χ1n) is 7.15. The molecule has 0 radical (unpaired) electrons. The largest absolute Gasteiger partial charge is 0.370 e. The Kier molecular flexibility index (Phi) is 5.31. The highest BCUT2D eigenvalue weighted by Crippen LogP contribution is 2.12. The zero-order chi connectivity index (χ0) is 15.1. The Morgan fingerprint density at radius 1 is 1.29 bits per heavy atom. The van der Waals surface area contributed by atoms with Crippen LogP contribution in [0.4, 0.5) is 5.82 Å². The molecule has 1 amide bonds. The van der Waals surface area contributed by atoms with Gasteiger partial charge in [-0.15, -0.1) is 0 Å². The van der Waals surface area contributed by atoms with E-state index < -0.39 is 0 Å². The fourth-order valence-electron chi connectivity index (χ4n) is 1.98. The third kappa shape index (κ3) is 4.30. The van der Waals surface area contributed by atoms with Crippen LogP contribution in [0.25, 0.3) is 0 Å². The number of anilines is 1. The number of aromatic nitrogens is 2. The van der Waals surface area contributed by atoms with Crippen LogP contribution < -0.4 is 10.6 Å². The lowest BCUT2D eigenvalue weighted by Gasteiger charge is -2.09. The van der Waals surface area contributed by atoms with E-state index in [0.29, 0.717) is 17.8 Å². The summed E-state index contributed by atoms with van der Waals surface area (Å²) in [6.07, 6.45) is 3.32. The molecule has 0 spiro atoms. The van der Waals surface area contributed by atoms with Crippen LogP contribution >= 0.6 is 0 Å². The summed E-state index contributed by atoms with van der Waals surface area (Å²) in [5.74, 6) is 0.590. The van der Waals surface area contributed by atoms with Crippen molar-refractivity contribution in [1.82, 2.24) is 15.5 Å². The number of hydrogen-bond acceptors (Lipinski definition) is 5. The molecule has 0 aliphatic carbocycles. The second-order valence-corrected chi connectivity index (χ2v) is 4.69. The zero-order valence-corrected chi connectivity index (χ0v) is 12.3. The molecule has 2 rings (SSSR count). The lowest BCUT2D eigenvalue weighted by Crippen LogP contribution is -2.23. The van der Waals surface area contributed by atoms with E-state index in [1.54, 1.807) is 12.1 Å². The number of amides is 1. The molecule has 0 aromatic carbocycles. The Hall–Kier alpha value is -2.37. The van der Waals surface area contributed by atoms with Gasteiger partial charge in [-0.3, -0.25) is 4.79 Å². The van der Waals surface area contributed by atoms with Crippen molar-refractivity contribution in [3.8, 4) is 0 Å². The minimum Gasteiger partial charge on any atom is -0.370 e. The first kappa shape index (κ1) is 15.0. The first-order chi connectivity index (χ1) is 10.2. The summed E-state index contributed by atoms with van der Waals surface area (Å²) < 4.78 is 4.73. The van der Waals surface area contributed by atoms with Crippen LogP contribution in [0.1, 0.15) is 42.0 Å². The van der Waals surface area contributed by atoms with Gasteiger partial charge in [0, 0.05) is 23.9 Å². The number of carbonyl (C=O) groups excluding carboxylic acids is 1. The first-order valence-corrected chi connectivity index (χ1v) is 7.15. The second-order valence-electron chi connectivity index (χ2n) is 4.69. The van der Waals surface area contributed by atoms with Gasteiger partial charge in [-0.1, -0.05) is 18.5 Å². The summed E-state index contributed by atoms with van der Waals surface area (Å²) in [7, 11) is 0. The summed E-state index contributed by atoms with van der Waals surface area (Å²) in [6, 6.07) is 5.32. The number of nitrogens with zero attached hydrogens (tertiary/aromatic N) is 2. The predicted molar refractivity (Wildman–Crippen MR) is 80.1 cm³/mol.